The first-order valence-corrected chi connectivity index (χ1v) is 16.3. The van der Waals surface area contributed by atoms with Gasteiger partial charge in [0.05, 0.1) is 27.6 Å². The Hall–Kier alpha value is -3.86. The number of aryl methyl sites for hydroxylation is 1. The quantitative estimate of drug-likeness (QED) is 0.114. The number of nitrogens with one attached hydrogen (secondary N) is 2. The normalized spacial score (nSPS) is 12.7. The van der Waals surface area contributed by atoms with Gasteiger partial charge in [-0.2, -0.15) is 18.2 Å². The standard InChI is InChI=1S/C27H29BrN4O9S2/c1-17(2)12-24(31-42(36,37)21-10-8-18(3)9-11-21)27(33)30-29-16-19-13-23(28)26(25(14-19)40-4)41-43(38,39)22-7-5-6-20(15-22)32(34)35/h5-11,13-17,24,31H,12H2,1-4H3,(H,30,33)/b29-16-/t24-/m0/s1. The fraction of sp³-hybridized carbons (Fsp3) is 0.259. The van der Waals surface area contributed by atoms with Crippen molar-refractivity contribution in [2.24, 2.45) is 11.0 Å². The Morgan fingerprint density at radius 2 is 1.74 bits per heavy atom. The molecule has 0 aromatic heterocycles. The summed E-state index contributed by atoms with van der Waals surface area (Å²) in [5.41, 5.74) is 3.14. The summed E-state index contributed by atoms with van der Waals surface area (Å²) in [6.45, 7) is 5.51. The zero-order chi connectivity index (χ0) is 31.9. The molecule has 0 radical (unpaired) electrons. The number of hydrogen-bond acceptors (Lipinski definition) is 10. The van der Waals surface area contributed by atoms with Gasteiger partial charge < -0.3 is 8.92 Å². The number of ether oxygens (including phenoxy) is 1. The second-order valence-corrected chi connectivity index (χ2v) is 13.8. The lowest BCUT2D eigenvalue weighted by atomic mass is 10.0. The van der Waals surface area contributed by atoms with Crippen LogP contribution in [0, 0.1) is 23.0 Å². The second kappa shape index (κ2) is 14.1. The van der Waals surface area contributed by atoms with Crippen molar-refractivity contribution in [2.45, 2.75) is 43.0 Å². The first-order chi connectivity index (χ1) is 20.1. The van der Waals surface area contributed by atoms with Crippen LogP contribution in [0.2, 0.25) is 0 Å². The van der Waals surface area contributed by atoms with Crippen molar-refractivity contribution >= 4 is 53.9 Å². The maximum atomic E-state index is 12.9. The molecule has 2 N–H and O–H groups in total. The van der Waals surface area contributed by atoms with E-state index in [1.807, 2.05) is 20.8 Å². The van der Waals surface area contributed by atoms with E-state index >= 15 is 0 Å². The van der Waals surface area contributed by atoms with Crippen LogP contribution in [0.3, 0.4) is 0 Å². The molecule has 3 aromatic carbocycles. The fourth-order valence-corrected chi connectivity index (χ4v) is 6.56. The Morgan fingerprint density at radius 3 is 2.35 bits per heavy atom. The van der Waals surface area contributed by atoms with E-state index in [0.29, 0.717) is 5.56 Å². The minimum absolute atomic E-state index is 0.0217. The maximum Gasteiger partial charge on any atom is 0.339 e. The molecule has 0 fully saturated rings. The van der Waals surface area contributed by atoms with Gasteiger partial charge in [-0.3, -0.25) is 14.9 Å². The zero-order valence-corrected chi connectivity index (χ0v) is 26.7. The molecular formula is C27H29BrN4O9S2. The highest BCUT2D eigenvalue weighted by Gasteiger charge is 2.27. The predicted molar refractivity (Wildman–Crippen MR) is 162 cm³/mol. The van der Waals surface area contributed by atoms with Crippen LogP contribution in [0.1, 0.15) is 31.4 Å². The molecule has 0 heterocycles. The monoisotopic (exact) mass is 696 g/mol. The van der Waals surface area contributed by atoms with E-state index in [4.69, 9.17) is 8.92 Å². The van der Waals surface area contributed by atoms with Crippen LogP contribution in [0.4, 0.5) is 5.69 Å². The number of hydrazone groups is 1. The number of nitro benzene ring substituents is 1. The third kappa shape index (κ3) is 9.06. The van der Waals surface area contributed by atoms with Crippen molar-refractivity contribution < 1.29 is 35.5 Å². The topological polar surface area (TPSA) is 183 Å². The van der Waals surface area contributed by atoms with Gasteiger partial charge in [0.2, 0.25) is 10.0 Å². The highest BCUT2D eigenvalue weighted by molar-refractivity contribution is 9.10. The van der Waals surface area contributed by atoms with E-state index in [2.05, 4.69) is 31.2 Å². The van der Waals surface area contributed by atoms with Crippen molar-refractivity contribution in [1.29, 1.82) is 0 Å². The van der Waals surface area contributed by atoms with Crippen molar-refractivity contribution in [3.63, 3.8) is 0 Å². The molecule has 0 saturated heterocycles. The zero-order valence-electron chi connectivity index (χ0n) is 23.5. The molecule has 3 rings (SSSR count). The van der Waals surface area contributed by atoms with Gasteiger partial charge in [-0.05, 0) is 71.1 Å². The second-order valence-electron chi connectivity index (χ2n) is 9.68. The summed E-state index contributed by atoms with van der Waals surface area (Å²) >= 11 is 3.23. The van der Waals surface area contributed by atoms with Crippen molar-refractivity contribution in [1.82, 2.24) is 10.1 Å². The van der Waals surface area contributed by atoms with Gasteiger partial charge in [-0.25, -0.2) is 13.8 Å². The van der Waals surface area contributed by atoms with Crippen molar-refractivity contribution in [2.75, 3.05) is 7.11 Å². The molecule has 0 aliphatic rings. The Kier molecular flexibility index (Phi) is 11.0. The predicted octanol–water partition coefficient (Wildman–Crippen LogP) is 4.29. The molecule has 0 bridgehead atoms. The number of nitro groups is 1. The summed E-state index contributed by atoms with van der Waals surface area (Å²) < 4.78 is 64.5. The van der Waals surface area contributed by atoms with Gasteiger partial charge >= 0.3 is 10.1 Å². The number of methoxy groups -OCH3 is 1. The number of hydrogen-bond donors (Lipinski definition) is 2. The Bertz CT molecular complexity index is 1740. The minimum Gasteiger partial charge on any atom is -0.493 e. The van der Waals surface area contributed by atoms with Crippen molar-refractivity contribution in [3.05, 3.63) is 86.4 Å². The summed E-state index contributed by atoms with van der Waals surface area (Å²) in [5, 5.41) is 15.0. The minimum atomic E-state index is -4.48. The smallest absolute Gasteiger partial charge is 0.339 e. The summed E-state index contributed by atoms with van der Waals surface area (Å²) in [7, 11) is -7.20. The molecule has 230 valence electrons. The first-order valence-electron chi connectivity index (χ1n) is 12.6. The van der Waals surface area contributed by atoms with E-state index in [0.717, 1.165) is 23.8 Å². The number of carbonyl (C=O) groups is 1. The molecule has 0 unspecified atom stereocenters. The third-order valence-electron chi connectivity index (χ3n) is 5.80. The maximum absolute atomic E-state index is 12.9. The highest BCUT2D eigenvalue weighted by Crippen LogP contribution is 2.38. The average Bonchev–Trinajstić information content (AvgIpc) is 2.93. The van der Waals surface area contributed by atoms with Crippen LogP contribution in [-0.4, -0.2) is 47.0 Å². The van der Waals surface area contributed by atoms with Crippen molar-refractivity contribution in [3.8, 4) is 11.5 Å². The molecule has 13 nitrogen and oxygen atoms in total. The fourth-order valence-electron chi connectivity index (χ4n) is 3.71. The van der Waals surface area contributed by atoms with Crippen LogP contribution >= 0.6 is 15.9 Å². The highest BCUT2D eigenvalue weighted by atomic mass is 79.9. The van der Waals surface area contributed by atoms with Gasteiger partial charge in [0.25, 0.3) is 11.6 Å². The van der Waals surface area contributed by atoms with E-state index < -0.39 is 47.6 Å². The van der Waals surface area contributed by atoms with Crippen LogP contribution in [0.15, 0.2) is 80.0 Å². The van der Waals surface area contributed by atoms with Crippen LogP contribution in [0.5, 0.6) is 11.5 Å². The third-order valence-corrected chi connectivity index (χ3v) is 9.10. The van der Waals surface area contributed by atoms with Gasteiger partial charge in [0, 0.05) is 12.1 Å². The number of halogens is 1. The molecule has 0 saturated carbocycles. The number of benzene rings is 3. The van der Waals surface area contributed by atoms with E-state index in [1.165, 1.54) is 43.7 Å². The lowest BCUT2D eigenvalue weighted by molar-refractivity contribution is -0.385. The Balaban J connectivity index is 1.78. The number of non-ortho nitro benzene ring substituents is 1. The van der Waals surface area contributed by atoms with Gasteiger partial charge in [-0.1, -0.05) is 37.6 Å². The average molecular weight is 698 g/mol. The molecule has 3 aromatic rings. The summed E-state index contributed by atoms with van der Waals surface area (Å²) in [6, 6.07) is 12.3. The van der Waals surface area contributed by atoms with Gasteiger partial charge in [-0.15, -0.1) is 0 Å². The summed E-state index contributed by atoms with van der Waals surface area (Å²) in [4.78, 5) is 22.8. The summed E-state index contributed by atoms with van der Waals surface area (Å²) in [5.74, 6) is -0.960. The Labute approximate surface area is 257 Å². The largest absolute Gasteiger partial charge is 0.493 e. The van der Waals surface area contributed by atoms with Crippen LogP contribution in [0.25, 0.3) is 0 Å². The molecule has 43 heavy (non-hydrogen) atoms. The SMILES string of the molecule is COc1cc(/C=N\NC(=O)[C@H](CC(C)C)NS(=O)(=O)c2ccc(C)cc2)cc(Br)c1OS(=O)(=O)c1cccc([N+](=O)[O-])c1. The Morgan fingerprint density at radius 1 is 1.07 bits per heavy atom. The van der Waals surface area contributed by atoms with E-state index in [-0.39, 0.29) is 33.2 Å². The van der Waals surface area contributed by atoms with Crippen LogP contribution in [-0.2, 0) is 24.9 Å². The first kappa shape index (κ1) is 33.6. The van der Waals surface area contributed by atoms with Gasteiger partial charge in [0.15, 0.2) is 11.5 Å². The molecule has 0 aliphatic heterocycles. The molecular weight excluding hydrogens is 668 g/mol. The van der Waals surface area contributed by atoms with Gasteiger partial charge in [0.1, 0.15) is 10.9 Å². The molecule has 1 atom stereocenters. The number of rotatable bonds is 13. The number of sulfonamides is 1. The number of nitrogens with zero attached hydrogens (tertiary/aromatic N) is 2. The number of carbonyl (C=O) groups excluding carboxylic acids is 1. The van der Waals surface area contributed by atoms with E-state index in [1.54, 1.807) is 12.1 Å². The van der Waals surface area contributed by atoms with Crippen LogP contribution < -0.4 is 19.1 Å². The molecule has 1 amide bonds. The molecule has 16 heteroatoms. The lowest BCUT2D eigenvalue weighted by Crippen LogP contribution is -2.46. The molecule has 0 spiro atoms. The summed E-state index contributed by atoms with van der Waals surface area (Å²) in [6.07, 6.45) is 1.45. The van der Waals surface area contributed by atoms with E-state index in [9.17, 15) is 31.7 Å². The number of amides is 1. The molecule has 0 aliphatic carbocycles. The lowest BCUT2D eigenvalue weighted by Gasteiger charge is -2.19.